The van der Waals surface area contributed by atoms with Gasteiger partial charge < -0.3 is 24.8 Å². The van der Waals surface area contributed by atoms with Crippen molar-refractivity contribution < 1.29 is 27.8 Å². The van der Waals surface area contributed by atoms with Crippen molar-refractivity contribution in [3.63, 3.8) is 0 Å². The zero-order valence-electron chi connectivity index (χ0n) is 27.8. The van der Waals surface area contributed by atoms with Crippen LogP contribution in [0.3, 0.4) is 0 Å². The number of carbonyl (C=O) groups is 1. The molecule has 2 heterocycles. The Labute approximate surface area is 266 Å². The van der Waals surface area contributed by atoms with Crippen molar-refractivity contribution in [1.29, 1.82) is 0 Å². The normalized spacial score (nSPS) is 15.7. The van der Waals surface area contributed by atoms with Gasteiger partial charge in [-0.2, -0.15) is 0 Å². The standard InChI is InChI=1S/C36H47F2N3O4/c1-22(2)44-34(42)32(45-35(4,5)6)29-23(3)40-33(39)30(31(29)41-18-16-36(7,8)17-19-41)25-11-14-28(27(38)21-25)43-20-15-24-9-12-26(37)13-10-24/h9-14,21-22,32H,15-20H2,1-8H3,(H2,39,40)/t32-/m0/s1. The van der Waals surface area contributed by atoms with Gasteiger partial charge in [0.05, 0.1) is 24.0 Å². The molecule has 1 fully saturated rings. The van der Waals surface area contributed by atoms with Gasteiger partial charge in [-0.3, -0.25) is 0 Å². The first-order chi connectivity index (χ1) is 21.0. The average Bonchev–Trinajstić information content (AvgIpc) is 2.93. The Morgan fingerprint density at radius 1 is 1.07 bits per heavy atom. The summed E-state index contributed by atoms with van der Waals surface area (Å²) < 4.78 is 46.7. The molecule has 0 bridgehead atoms. The number of hydrogen-bond donors (Lipinski definition) is 1. The summed E-state index contributed by atoms with van der Waals surface area (Å²) in [4.78, 5) is 20.5. The van der Waals surface area contributed by atoms with Crippen LogP contribution >= 0.6 is 0 Å². The first-order valence-corrected chi connectivity index (χ1v) is 15.6. The molecule has 0 unspecified atom stereocenters. The van der Waals surface area contributed by atoms with Gasteiger partial charge in [0.15, 0.2) is 17.7 Å². The molecule has 1 aliphatic heterocycles. The molecular weight excluding hydrogens is 576 g/mol. The van der Waals surface area contributed by atoms with Crippen molar-refractivity contribution in [3.05, 3.63) is 70.9 Å². The highest BCUT2D eigenvalue weighted by molar-refractivity contribution is 5.92. The van der Waals surface area contributed by atoms with E-state index in [0.717, 1.165) is 18.4 Å². The molecule has 1 aromatic heterocycles. The number of halogens is 2. The monoisotopic (exact) mass is 623 g/mol. The maximum absolute atomic E-state index is 15.6. The van der Waals surface area contributed by atoms with Crippen LogP contribution in [0.4, 0.5) is 20.3 Å². The number of benzene rings is 2. The number of carbonyl (C=O) groups excluding carboxylic acids is 1. The highest BCUT2D eigenvalue weighted by atomic mass is 19.1. The molecule has 7 nitrogen and oxygen atoms in total. The van der Waals surface area contributed by atoms with E-state index in [1.807, 2.05) is 27.7 Å². The molecule has 45 heavy (non-hydrogen) atoms. The maximum atomic E-state index is 15.6. The third-order valence-corrected chi connectivity index (χ3v) is 7.94. The Kier molecular flexibility index (Phi) is 10.4. The number of pyridine rings is 1. The van der Waals surface area contributed by atoms with E-state index >= 15 is 4.39 Å². The van der Waals surface area contributed by atoms with Crippen LogP contribution in [0, 0.1) is 24.0 Å². The number of nitrogens with zero attached hydrogens (tertiary/aromatic N) is 2. The third kappa shape index (κ3) is 8.72. The number of esters is 1. The van der Waals surface area contributed by atoms with E-state index in [9.17, 15) is 9.18 Å². The third-order valence-electron chi connectivity index (χ3n) is 7.94. The molecule has 0 aliphatic carbocycles. The number of ether oxygens (including phenoxy) is 3. The van der Waals surface area contributed by atoms with Gasteiger partial charge in [-0.1, -0.05) is 32.0 Å². The van der Waals surface area contributed by atoms with Crippen LogP contribution in [0.25, 0.3) is 11.1 Å². The lowest BCUT2D eigenvalue weighted by Gasteiger charge is -2.41. The smallest absolute Gasteiger partial charge is 0.340 e. The van der Waals surface area contributed by atoms with Crippen molar-refractivity contribution in [1.82, 2.24) is 4.98 Å². The Bertz CT molecular complexity index is 1490. The van der Waals surface area contributed by atoms with Gasteiger partial charge in [-0.15, -0.1) is 0 Å². The zero-order valence-corrected chi connectivity index (χ0v) is 27.8. The van der Waals surface area contributed by atoms with Crippen molar-refractivity contribution in [2.75, 3.05) is 30.3 Å². The molecule has 4 rings (SSSR count). The molecule has 1 atom stereocenters. The van der Waals surface area contributed by atoms with E-state index in [0.29, 0.717) is 47.6 Å². The van der Waals surface area contributed by atoms with Crippen LogP contribution in [0.5, 0.6) is 5.75 Å². The number of aromatic nitrogens is 1. The number of nitrogen functional groups attached to an aromatic ring is 1. The van der Waals surface area contributed by atoms with Gasteiger partial charge in [0.2, 0.25) is 0 Å². The summed E-state index contributed by atoms with van der Waals surface area (Å²) in [5, 5.41) is 0. The second-order valence-corrected chi connectivity index (χ2v) is 13.8. The topological polar surface area (TPSA) is 86.9 Å². The van der Waals surface area contributed by atoms with E-state index in [4.69, 9.17) is 19.9 Å². The fraction of sp³-hybridized carbons (Fsp3) is 0.500. The summed E-state index contributed by atoms with van der Waals surface area (Å²) >= 11 is 0. The minimum Gasteiger partial charge on any atom is -0.490 e. The molecule has 0 radical (unpaired) electrons. The van der Waals surface area contributed by atoms with Crippen LogP contribution in [0.1, 0.15) is 84.2 Å². The predicted octanol–water partition coefficient (Wildman–Crippen LogP) is 7.97. The summed E-state index contributed by atoms with van der Waals surface area (Å²) in [7, 11) is 0. The van der Waals surface area contributed by atoms with Crippen LogP contribution in [-0.4, -0.2) is 42.4 Å². The first-order valence-electron chi connectivity index (χ1n) is 15.6. The Hall–Kier alpha value is -3.72. The molecule has 2 aromatic carbocycles. The molecule has 244 valence electrons. The highest BCUT2D eigenvalue weighted by Crippen LogP contribution is 2.46. The minimum absolute atomic E-state index is 0.0930. The Morgan fingerprint density at radius 2 is 1.71 bits per heavy atom. The molecule has 0 amide bonds. The van der Waals surface area contributed by atoms with Crippen LogP contribution in [0.15, 0.2) is 42.5 Å². The molecular formula is C36H47F2N3O4. The molecule has 1 saturated heterocycles. The van der Waals surface area contributed by atoms with Gasteiger partial charge in [-0.05, 0) is 95.2 Å². The summed E-state index contributed by atoms with van der Waals surface area (Å²) in [6, 6.07) is 10.9. The number of hydrogen-bond acceptors (Lipinski definition) is 7. The van der Waals surface area contributed by atoms with Crippen molar-refractivity contribution in [2.24, 2.45) is 5.41 Å². The van der Waals surface area contributed by atoms with Gasteiger partial charge in [0.1, 0.15) is 11.6 Å². The lowest BCUT2D eigenvalue weighted by molar-refractivity contribution is -0.171. The van der Waals surface area contributed by atoms with Gasteiger partial charge >= 0.3 is 5.97 Å². The van der Waals surface area contributed by atoms with E-state index in [1.165, 1.54) is 18.2 Å². The number of rotatable bonds is 10. The van der Waals surface area contributed by atoms with Crippen LogP contribution in [-0.2, 0) is 20.7 Å². The minimum atomic E-state index is -1.08. The number of aryl methyl sites for hydroxylation is 1. The second-order valence-electron chi connectivity index (χ2n) is 13.8. The Balaban J connectivity index is 1.79. The SMILES string of the molecule is Cc1nc(N)c(-c2ccc(OCCc3ccc(F)cc3)c(F)c2)c(N2CCC(C)(C)CC2)c1[C@H](OC(C)(C)C)C(=O)OC(C)C. The summed E-state index contributed by atoms with van der Waals surface area (Å²) in [6.45, 7) is 17.2. The molecule has 9 heteroatoms. The number of piperidine rings is 1. The largest absolute Gasteiger partial charge is 0.490 e. The lowest BCUT2D eigenvalue weighted by Crippen LogP contribution is -2.39. The molecule has 3 aromatic rings. The summed E-state index contributed by atoms with van der Waals surface area (Å²) in [5.41, 5.74) is 9.86. The fourth-order valence-electron chi connectivity index (χ4n) is 5.56. The van der Waals surface area contributed by atoms with Crippen LogP contribution < -0.4 is 15.4 Å². The summed E-state index contributed by atoms with van der Waals surface area (Å²) in [6.07, 6.45) is 0.904. The van der Waals surface area contributed by atoms with E-state index in [-0.39, 0.29) is 35.5 Å². The molecule has 0 spiro atoms. The number of nitrogens with two attached hydrogens (primary N) is 1. The van der Waals surface area contributed by atoms with Crippen molar-refractivity contribution >= 4 is 17.5 Å². The highest BCUT2D eigenvalue weighted by Gasteiger charge is 2.38. The maximum Gasteiger partial charge on any atom is 0.340 e. The molecule has 0 saturated carbocycles. The number of anilines is 2. The predicted molar refractivity (Wildman–Crippen MR) is 174 cm³/mol. The Morgan fingerprint density at radius 3 is 2.29 bits per heavy atom. The van der Waals surface area contributed by atoms with E-state index in [2.05, 4.69) is 23.7 Å². The zero-order chi connectivity index (χ0) is 33.1. The van der Waals surface area contributed by atoms with Crippen molar-refractivity contribution in [3.8, 4) is 16.9 Å². The van der Waals surface area contributed by atoms with Gasteiger partial charge in [-0.25, -0.2) is 18.6 Å². The second kappa shape index (κ2) is 13.7. The lowest BCUT2D eigenvalue weighted by atomic mass is 9.82. The van der Waals surface area contributed by atoms with Crippen LogP contribution in [0.2, 0.25) is 0 Å². The van der Waals surface area contributed by atoms with Gasteiger partial charge in [0.25, 0.3) is 0 Å². The molecule has 1 aliphatic rings. The van der Waals surface area contributed by atoms with Crippen molar-refractivity contribution in [2.45, 2.75) is 92.5 Å². The van der Waals surface area contributed by atoms with Gasteiger partial charge in [0, 0.05) is 36.3 Å². The quantitative estimate of drug-likeness (QED) is 0.229. The fourth-order valence-corrected chi connectivity index (χ4v) is 5.56. The summed E-state index contributed by atoms with van der Waals surface area (Å²) in [5.74, 6) is -1.06. The van der Waals surface area contributed by atoms with E-state index < -0.39 is 23.5 Å². The average molecular weight is 624 g/mol. The molecule has 2 N–H and O–H groups in total. The van der Waals surface area contributed by atoms with E-state index in [1.54, 1.807) is 38.1 Å². The first kappa shape index (κ1) is 34.2.